The number of aliphatic imine (C=N–C) groups is 1. The third kappa shape index (κ3) is 5.53. The number of anilines is 1. The van der Waals surface area contributed by atoms with E-state index in [1.54, 1.807) is 18.4 Å². The van der Waals surface area contributed by atoms with E-state index >= 15 is 0 Å². The molecule has 0 aliphatic heterocycles. The molecule has 1 heterocycles. The molecule has 2 rings (SSSR count). The van der Waals surface area contributed by atoms with E-state index < -0.39 is 0 Å². The van der Waals surface area contributed by atoms with Crippen LogP contribution in [-0.2, 0) is 6.42 Å². The topological polar surface area (TPSA) is 52.6 Å². The first kappa shape index (κ1) is 18.3. The zero-order valence-electron chi connectivity index (χ0n) is 14.9. The van der Waals surface area contributed by atoms with Crippen molar-refractivity contribution in [1.82, 2.24) is 15.6 Å². The van der Waals surface area contributed by atoms with Crippen molar-refractivity contribution >= 4 is 23.0 Å². The number of thiazole rings is 1. The molecular formula is C18H27N5S. The highest BCUT2D eigenvalue weighted by Crippen LogP contribution is 2.13. The number of aryl methyl sites for hydroxylation is 1. The fraction of sp³-hybridized carbons (Fsp3) is 0.444. The van der Waals surface area contributed by atoms with E-state index in [1.165, 1.54) is 10.6 Å². The minimum Gasteiger partial charge on any atom is -0.370 e. The molecule has 6 heteroatoms. The number of hydrogen-bond acceptors (Lipinski definition) is 4. The number of hydrogen-bond donors (Lipinski definition) is 2. The summed E-state index contributed by atoms with van der Waals surface area (Å²) in [4.78, 5) is 12.2. The van der Waals surface area contributed by atoms with E-state index in [4.69, 9.17) is 0 Å². The van der Waals surface area contributed by atoms with Gasteiger partial charge in [-0.3, -0.25) is 4.99 Å². The number of benzene rings is 1. The van der Waals surface area contributed by atoms with Crippen LogP contribution in [0.25, 0.3) is 0 Å². The van der Waals surface area contributed by atoms with Crippen LogP contribution in [0.5, 0.6) is 0 Å². The van der Waals surface area contributed by atoms with Crippen molar-refractivity contribution < 1.29 is 0 Å². The van der Waals surface area contributed by atoms with Crippen LogP contribution in [0, 0.1) is 6.92 Å². The molecule has 1 aromatic carbocycles. The summed E-state index contributed by atoms with van der Waals surface area (Å²) < 4.78 is 0. The van der Waals surface area contributed by atoms with Crippen molar-refractivity contribution in [3.05, 3.63) is 46.4 Å². The summed E-state index contributed by atoms with van der Waals surface area (Å²) >= 11 is 1.75. The van der Waals surface area contributed by atoms with Gasteiger partial charge in [0.2, 0.25) is 0 Å². The van der Waals surface area contributed by atoms with Gasteiger partial charge in [0.25, 0.3) is 0 Å². The van der Waals surface area contributed by atoms with Gasteiger partial charge in [-0.15, -0.1) is 11.3 Å². The van der Waals surface area contributed by atoms with Gasteiger partial charge >= 0.3 is 0 Å². The number of rotatable bonds is 7. The third-order valence-corrected chi connectivity index (χ3v) is 4.89. The van der Waals surface area contributed by atoms with Crippen LogP contribution in [0.2, 0.25) is 0 Å². The van der Waals surface area contributed by atoms with Gasteiger partial charge < -0.3 is 15.5 Å². The van der Waals surface area contributed by atoms with E-state index in [1.807, 2.05) is 12.3 Å². The molecule has 2 aromatic rings. The molecule has 0 aliphatic carbocycles. The van der Waals surface area contributed by atoms with E-state index in [0.717, 1.165) is 30.5 Å². The third-order valence-electron chi connectivity index (χ3n) is 3.91. The van der Waals surface area contributed by atoms with E-state index in [9.17, 15) is 0 Å². The maximum Gasteiger partial charge on any atom is 0.191 e. The molecule has 0 saturated heterocycles. The predicted octanol–water partition coefficient (Wildman–Crippen LogP) is 2.68. The fourth-order valence-corrected chi connectivity index (χ4v) is 3.11. The van der Waals surface area contributed by atoms with Gasteiger partial charge in [-0.1, -0.05) is 18.2 Å². The Morgan fingerprint density at radius 1 is 1.29 bits per heavy atom. The smallest absolute Gasteiger partial charge is 0.191 e. The van der Waals surface area contributed by atoms with E-state index in [0.29, 0.717) is 6.04 Å². The van der Waals surface area contributed by atoms with Crippen LogP contribution in [-0.4, -0.2) is 44.2 Å². The first-order chi connectivity index (χ1) is 11.6. The molecule has 0 radical (unpaired) electrons. The predicted molar refractivity (Wildman–Crippen MR) is 104 cm³/mol. The summed E-state index contributed by atoms with van der Waals surface area (Å²) in [6, 6.07) is 10.8. The molecule has 0 aliphatic rings. The van der Waals surface area contributed by atoms with Crippen LogP contribution in [0.15, 0.2) is 41.5 Å². The minimum atomic E-state index is 0.354. The van der Waals surface area contributed by atoms with Gasteiger partial charge in [0, 0.05) is 56.4 Å². The van der Waals surface area contributed by atoms with Gasteiger partial charge in [0.15, 0.2) is 5.96 Å². The molecule has 130 valence electrons. The minimum absolute atomic E-state index is 0.354. The molecule has 0 bridgehead atoms. The Bertz CT molecular complexity index is 638. The molecule has 0 spiro atoms. The molecular weight excluding hydrogens is 318 g/mol. The average molecular weight is 346 g/mol. The molecule has 1 atom stereocenters. The average Bonchev–Trinajstić information content (AvgIpc) is 3.03. The van der Waals surface area contributed by atoms with Gasteiger partial charge in [-0.25, -0.2) is 4.98 Å². The molecule has 5 nitrogen and oxygen atoms in total. The number of nitrogens with one attached hydrogen (secondary N) is 2. The molecule has 0 saturated carbocycles. The molecule has 1 unspecified atom stereocenters. The van der Waals surface area contributed by atoms with Crippen molar-refractivity contribution in [1.29, 1.82) is 0 Å². The van der Waals surface area contributed by atoms with Crippen molar-refractivity contribution in [3.8, 4) is 0 Å². The van der Waals surface area contributed by atoms with Gasteiger partial charge in [0.1, 0.15) is 0 Å². The van der Waals surface area contributed by atoms with E-state index in [2.05, 4.69) is 70.7 Å². The SMILES string of the molecule is CN=C(NCCc1ncc(C)s1)NCC(C)N(C)c1ccccc1. The zero-order valence-corrected chi connectivity index (χ0v) is 15.7. The van der Waals surface area contributed by atoms with Crippen LogP contribution >= 0.6 is 11.3 Å². The van der Waals surface area contributed by atoms with Gasteiger partial charge in [-0.05, 0) is 26.0 Å². The number of likely N-dealkylation sites (N-methyl/N-ethyl adjacent to an activating group) is 1. The van der Waals surface area contributed by atoms with E-state index in [-0.39, 0.29) is 0 Å². The Morgan fingerprint density at radius 3 is 2.67 bits per heavy atom. The normalized spacial score (nSPS) is 12.8. The lowest BCUT2D eigenvalue weighted by Gasteiger charge is -2.27. The Labute approximate surface area is 148 Å². The Kier molecular flexibility index (Phi) is 7.06. The second-order valence-electron chi connectivity index (χ2n) is 5.79. The second kappa shape index (κ2) is 9.27. The fourth-order valence-electron chi connectivity index (χ4n) is 2.32. The molecule has 0 amide bonds. The van der Waals surface area contributed by atoms with Crippen LogP contribution < -0.4 is 15.5 Å². The summed E-state index contributed by atoms with van der Waals surface area (Å²) in [5.41, 5.74) is 1.22. The van der Waals surface area contributed by atoms with Crippen LogP contribution in [0.4, 0.5) is 5.69 Å². The molecule has 1 aromatic heterocycles. The molecule has 2 N–H and O–H groups in total. The summed E-state index contributed by atoms with van der Waals surface area (Å²) in [5, 5.41) is 7.90. The summed E-state index contributed by atoms with van der Waals surface area (Å²) in [6.07, 6.45) is 2.84. The lowest BCUT2D eigenvalue weighted by molar-refractivity contribution is 0.648. The maximum atomic E-state index is 4.38. The van der Waals surface area contributed by atoms with Gasteiger partial charge in [0.05, 0.1) is 5.01 Å². The highest BCUT2D eigenvalue weighted by molar-refractivity contribution is 7.11. The summed E-state index contributed by atoms with van der Waals surface area (Å²) in [5.74, 6) is 0.830. The number of aromatic nitrogens is 1. The summed E-state index contributed by atoms with van der Waals surface area (Å²) in [6.45, 7) is 5.93. The lowest BCUT2D eigenvalue weighted by atomic mass is 10.2. The standard InChI is InChI=1S/C18H27N5S/c1-14(23(4)16-8-6-5-7-9-16)12-22-18(19-3)20-11-10-17-21-13-15(2)24-17/h5-9,13-14H,10-12H2,1-4H3,(H2,19,20,22). The molecule has 0 fully saturated rings. The van der Waals surface area contributed by atoms with Crippen molar-refractivity contribution in [2.45, 2.75) is 26.3 Å². The number of para-hydroxylation sites is 1. The highest BCUT2D eigenvalue weighted by atomic mass is 32.1. The maximum absolute atomic E-state index is 4.38. The Morgan fingerprint density at radius 2 is 2.04 bits per heavy atom. The van der Waals surface area contributed by atoms with Crippen molar-refractivity contribution in [2.24, 2.45) is 4.99 Å². The monoisotopic (exact) mass is 345 g/mol. The number of nitrogens with zero attached hydrogens (tertiary/aromatic N) is 3. The van der Waals surface area contributed by atoms with Crippen molar-refractivity contribution in [2.75, 3.05) is 32.1 Å². The van der Waals surface area contributed by atoms with Crippen LogP contribution in [0.3, 0.4) is 0 Å². The molecule has 24 heavy (non-hydrogen) atoms. The Hall–Kier alpha value is -2.08. The zero-order chi connectivity index (χ0) is 17.4. The second-order valence-corrected chi connectivity index (χ2v) is 7.11. The highest BCUT2D eigenvalue weighted by Gasteiger charge is 2.10. The summed E-state index contributed by atoms with van der Waals surface area (Å²) in [7, 11) is 3.91. The number of guanidine groups is 1. The largest absolute Gasteiger partial charge is 0.370 e. The lowest BCUT2D eigenvalue weighted by Crippen LogP contribution is -2.45. The van der Waals surface area contributed by atoms with Crippen LogP contribution in [0.1, 0.15) is 16.8 Å². The quantitative estimate of drug-likeness (QED) is 0.598. The van der Waals surface area contributed by atoms with Crippen molar-refractivity contribution in [3.63, 3.8) is 0 Å². The first-order valence-corrected chi connectivity index (χ1v) is 9.05. The Balaban J connectivity index is 1.74. The first-order valence-electron chi connectivity index (χ1n) is 8.24. The van der Waals surface area contributed by atoms with Gasteiger partial charge in [-0.2, -0.15) is 0 Å².